The van der Waals surface area contributed by atoms with Gasteiger partial charge < -0.3 is 0 Å². The Morgan fingerprint density at radius 3 is 1.53 bits per heavy atom. The van der Waals surface area contributed by atoms with E-state index in [1.54, 1.807) is 0 Å². The van der Waals surface area contributed by atoms with Gasteiger partial charge in [-0.15, -0.1) is 0 Å². The maximum atomic E-state index is 2.37. The standard InChI is InChI=1S/C17H16/c1-12(2)11-17-15-9-5-3-7-13(15)14-8-4-6-10-16(14)17/h3-12H,1-2H3. The van der Waals surface area contributed by atoms with Crippen LogP contribution in [0.15, 0.2) is 54.6 Å². The van der Waals surface area contributed by atoms with Crippen LogP contribution in [0.3, 0.4) is 0 Å². The summed E-state index contributed by atoms with van der Waals surface area (Å²) in [5, 5.41) is 0. The number of rotatable bonds is 1. The van der Waals surface area contributed by atoms with Crippen LogP contribution in [0.5, 0.6) is 0 Å². The first kappa shape index (κ1) is 10.3. The minimum absolute atomic E-state index is 0.573. The van der Waals surface area contributed by atoms with Gasteiger partial charge in [0.25, 0.3) is 0 Å². The zero-order valence-electron chi connectivity index (χ0n) is 10.3. The molecule has 0 heteroatoms. The average molecular weight is 220 g/mol. The fraction of sp³-hybridized carbons (Fsp3) is 0.176. The predicted octanol–water partition coefficient (Wildman–Crippen LogP) is 4.75. The van der Waals surface area contributed by atoms with E-state index in [4.69, 9.17) is 0 Å². The fourth-order valence-electron chi connectivity index (χ4n) is 2.56. The summed E-state index contributed by atoms with van der Waals surface area (Å²) in [7, 11) is 0. The Morgan fingerprint density at radius 2 is 1.12 bits per heavy atom. The third kappa shape index (κ3) is 1.61. The van der Waals surface area contributed by atoms with E-state index in [1.807, 2.05) is 0 Å². The van der Waals surface area contributed by atoms with Crippen LogP contribution in [0.2, 0.25) is 0 Å². The lowest BCUT2D eigenvalue weighted by Gasteiger charge is -2.04. The molecule has 0 spiro atoms. The van der Waals surface area contributed by atoms with Crippen molar-refractivity contribution in [2.75, 3.05) is 0 Å². The second-order valence-corrected chi connectivity index (χ2v) is 4.92. The van der Waals surface area contributed by atoms with Gasteiger partial charge >= 0.3 is 0 Å². The van der Waals surface area contributed by atoms with Gasteiger partial charge in [0.15, 0.2) is 0 Å². The first-order valence-electron chi connectivity index (χ1n) is 6.18. The minimum atomic E-state index is 0.573. The molecule has 0 fully saturated rings. The lowest BCUT2D eigenvalue weighted by molar-refractivity contribution is 0.834. The van der Waals surface area contributed by atoms with Gasteiger partial charge in [-0.1, -0.05) is 68.5 Å². The van der Waals surface area contributed by atoms with Gasteiger partial charge in [0.2, 0.25) is 0 Å². The monoisotopic (exact) mass is 220 g/mol. The number of fused-ring (bicyclic) bond motifs is 3. The average Bonchev–Trinajstić information content (AvgIpc) is 2.65. The molecule has 0 saturated carbocycles. The molecule has 0 bridgehead atoms. The predicted molar refractivity (Wildman–Crippen MR) is 73.8 cm³/mol. The van der Waals surface area contributed by atoms with Crippen molar-refractivity contribution in [1.29, 1.82) is 0 Å². The van der Waals surface area contributed by atoms with Crippen LogP contribution in [0.25, 0.3) is 16.7 Å². The maximum Gasteiger partial charge on any atom is -0.00991 e. The number of benzene rings is 2. The second-order valence-electron chi connectivity index (χ2n) is 4.92. The van der Waals surface area contributed by atoms with E-state index < -0.39 is 0 Å². The van der Waals surface area contributed by atoms with Gasteiger partial charge in [0, 0.05) is 0 Å². The van der Waals surface area contributed by atoms with Crippen LogP contribution in [0.1, 0.15) is 25.0 Å². The Labute approximate surface area is 103 Å². The Hall–Kier alpha value is -1.82. The summed E-state index contributed by atoms with van der Waals surface area (Å²) in [6.45, 7) is 4.47. The Bertz CT molecular complexity index is 541. The molecule has 84 valence electrons. The van der Waals surface area contributed by atoms with Crippen molar-refractivity contribution in [3.8, 4) is 11.1 Å². The SMILES string of the molecule is CC(C)C=C1c2ccccc2-c2ccccc21. The molecular formula is C17H16. The molecule has 0 unspecified atom stereocenters. The summed E-state index contributed by atoms with van der Waals surface area (Å²) in [6, 6.07) is 17.4. The quantitative estimate of drug-likeness (QED) is 0.555. The van der Waals surface area contributed by atoms with Crippen LogP contribution in [0, 0.1) is 5.92 Å². The van der Waals surface area contributed by atoms with Crippen LogP contribution < -0.4 is 0 Å². The normalized spacial score (nSPS) is 12.5. The summed E-state index contributed by atoms with van der Waals surface area (Å²) in [5.41, 5.74) is 6.89. The number of hydrogen-bond acceptors (Lipinski definition) is 0. The minimum Gasteiger partial charge on any atom is -0.0734 e. The van der Waals surface area contributed by atoms with E-state index in [0.29, 0.717) is 5.92 Å². The molecule has 0 nitrogen and oxygen atoms in total. The Kier molecular flexibility index (Phi) is 2.36. The third-order valence-corrected chi connectivity index (χ3v) is 3.22. The summed E-state index contributed by atoms with van der Waals surface area (Å²) >= 11 is 0. The molecular weight excluding hydrogens is 204 g/mol. The molecule has 0 atom stereocenters. The molecule has 0 aliphatic heterocycles. The van der Waals surface area contributed by atoms with E-state index in [0.717, 1.165) is 0 Å². The van der Waals surface area contributed by atoms with Crippen molar-refractivity contribution in [3.05, 3.63) is 65.7 Å². The van der Waals surface area contributed by atoms with E-state index in [1.165, 1.54) is 27.8 Å². The zero-order valence-corrected chi connectivity index (χ0v) is 10.3. The van der Waals surface area contributed by atoms with Gasteiger partial charge in [-0.2, -0.15) is 0 Å². The van der Waals surface area contributed by atoms with Crippen LogP contribution in [0.4, 0.5) is 0 Å². The molecule has 0 radical (unpaired) electrons. The summed E-state index contributed by atoms with van der Waals surface area (Å²) in [6.07, 6.45) is 2.37. The lowest BCUT2D eigenvalue weighted by atomic mass is 10.0. The van der Waals surface area contributed by atoms with E-state index >= 15 is 0 Å². The van der Waals surface area contributed by atoms with Crippen molar-refractivity contribution in [1.82, 2.24) is 0 Å². The highest BCUT2D eigenvalue weighted by molar-refractivity contribution is 6.01. The van der Waals surface area contributed by atoms with Gasteiger partial charge in [-0.05, 0) is 33.7 Å². The molecule has 1 aliphatic carbocycles. The van der Waals surface area contributed by atoms with Crippen molar-refractivity contribution >= 4 is 5.57 Å². The van der Waals surface area contributed by atoms with Crippen molar-refractivity contribution in [2.45, 2.75) is 13.8 Å². The van der Waals surface area contributed by atoms with E-state index in [2.05, 4.69) is 68.5 Å². The molecule has 1 aliphatic rings. The first-order chi connectivity index (χ1) is 8.27. The lowest BCUT2D eigenvalue weighted by Crippen LogP contribution is -1.86. The summed E-state index contributed by atoms with van der Waals surface area (Å²) in [4.78, 5) is 0. The zero-order chi connectivity index (χ0) is 11.8. The second kappa shape index (κ2) is 3.89. The van der Waals surface area contributed by atoms with Crippen LogP contribution >= 0.6 is 0 Å². The highest BCUT2D eigenvalue weighted by Crippen LogP contribution is 2.44. The molecule has 0 saturated heterocycles. The molecule has 2 aromatic carbocycles. The fourth-order valence-corrected chi connectivity index (χ4v) is 2.56. The molecule has 17 heavy (non-hydrogen) atoms. The van der Waals surface area contributed by atoms with Crippen LogP contribution in [-0.4, -0.2) is 0 Å². The summed E-state index contributed by atoms with van der Waals surface area (Å²) in [5.74, 6) is 0.573. The van der Waals surface area contributed by atoms with Crippen LogP contribution in [-0.2, 0) is 0 Å². The molecule has 2 aromatic rings. The van der Waals surface area contributed by atoms with E-state index in [9.17, 15) is 0 Å². The highest BCUT2D eigenvalue weighted by atomic mass is 14.2. The van der Waals surface area contributed by atoms with Gasteiger partial charge in [0.1, 0.15) is 0 Å². The highest BCUT2D eigenvalue weighted by Gasteiger charge is 2.21. The number of allylic oxidation sites excluding steroid dienone is 1. The van der Waals surface area contributed by atoms with Crippen molar-refractivity contribution in [3.63, 3.8) is 0 Å². The number of hydrogen-bond donors (Lipinski definition) is 0. The van der Waals surface area contributed by atoms with Gasteiger partial charge in [-0.3, -0.25) is 0 Å². The molecule has 0 amide bonds. The molecule has 0 aromatic heterocycles. The van der Waals surface area contributed by atoms with Gasteiger partial charge in [-0.25, -0.2) is 0 Å². The molecule has 3 rings (SSSR count). The molecule has 0 N–H and O–H groups in total. The Balaban J connectivity index is 2.31. The third-order valence-electron chi connectivity index (χ3n) is 3.22. The smallest absolute Gasteiger partial charge is 0.00991 e. The van der Waals surface area contributed by atoms with Gasteiger partial charge in [0.05, 0.1) is 0 Å². The topological polar surface area (TPSA) is 0 Å². The van der Waals surface area contributed by atoms with Crippen molar-refractivity contribution < 1.29 is 0 Å². The molecule has 0 heterocycles. The first-order valence-corrected chi connectivity index (χ1v) is 6.18. The summed E-state index contributed by atoms with van der Waals surface area (Å²) < 4.78 is 0. The van der Waals surface area contributed by atoms with Crippen molar-refractivity contribution in [2.24, 2.45) is 5.92 Å². The largest absolute Gasteiger partial charge is 0.0734 e. The van der Waals surface area contributed by atoms with E-state index in [-0.39, 0.29) is 0 Å². The maximum absolute atomic E-state index is 2.37. The Morgan fingerprint density at radius 1 is 0.706 bits per heavy atom.